The van der Waals surface area contributed by atoms with Crippen LogP contribution in [-0.4, -0.2) is 27.9 Å². The van der Waals surface area contributed by atoms with Crippen LogP contribution in [0.2, 0.25) is 0 Å². The molecule has 11 heavy (non-hydrogen) atoms. The van der Waals surface area contributed by atoms with Crippen molar-refractivity contribution in [3.05, 3.63) is 0 Å². The van der Waals surface area contributed by atoms with E-state index < -0.39 is 0 Å². The maximum absolute atomic E-state index is 10.8. The Morgan fingerprint density at radius 2 is 2.36 bits per heavy atom. The number of fused-ring (bicyclic) bond motifs is 1. The van der Waals surface area contributed by atoms with Crippen molar-refractivity contribution in [3.8, 4) is 0 Å². The van der Waals surface area contributed by atoms with Gasteiger partial charge < -0.3 is 9.84 Å². The number of hydrogen-bond donors (Lipinski definition) is 1. The summed E-state index contributed by atoms with van der Waals surface area (Å²) in [6, 6.07) is 0. The zero-order chi connectivity index (χ0) is 7.84. The molecule has 1 heterocycles. The second kappa shape index (κ2) is 2.68. The number of carbonyl (C=O) groups is 1. The number of ether oxygens (including phenoxy) is 1. The van der Waals surface area contributed by atoms with Crippen molar-refractivity contribution in [1.29, 1.82) is 0 Å². The molecule has 0 aromatic carbocycles. The molecule has 0 aromatic rings. The van der Waals surface area contributed by atoms with Gasteiger partial charge in [0.1, 0.15) is 6.10 Å². The highest BCUT2D eigenvalue weighted by Gasteiger charge is 2.39. The summed E-state index contributed by atoms with van der Waals surface area (Å²) in [4.78, 5) is 10.8. The highest BCUT2D eigenvalue weighted by atomic mass is 32.2. The zero-order valence-electron chi connectivity index (χ0n) is 6.03. The molecule has 2 rings (SSSR count). The Hall–Kier alpha value is -0.220. The van der Waals surface area contributed by atoms with Crippen molar-refractivity contribution in [2.75, 3.05) is 0 Å². The Morgan fingerprint density at radius 1 is 1.55 bits per heavy atom. The molecule has 2 aliphatic rings. The first-order chi connectivity index (χ1) is 5.25. The fraction of sp³-hybridized carbons (Fsp3) is 0.857. The minimum atomic E-state index is -0.224. The van der Waals surface area contributed by atoms with Gasteiger partial charge in [-0.15, -0.1) is 0 Å². The molecule has 1 aliphatic heterocycles. The molecule has 2 fully saturated rings. The summed E-state index contributed by atoms with van der Waals surface area (Å²) >= 11 is 1.23. The summed E-state index contributed by atoms with van der Waals surface area (Å²) in [6.07, 6.45) is 2.16. The average Bonchev–Trinajstić information content (AvgIpc) is 2.27. The third-order valence-electron chi connectivity index (χ3n) is 2.20. The van der Waals surface area contributed by atoms with Gasteiger partial charge in [-0.25, -0.2) is 4.79 Å². The highest BCUT2D eigenvalue weighted by Crippen LogP contribution is 2.37. The van der Waals surface area contributed by atoms with Crippen LogP contribution in [0.5, 0.6) is 0 Å². The van der Waals surface area contributed by atoms with Crippen LogP contribution in [0.3, 0.4) is 0 Å². The molecular formula is C7H10O3S. The van der Waals surface area contributed by atoms with E-state index in [1.54, 1.807) is 0 Å². The summed E-state index contributed by atoms with van der Waals surface area (Å²) in [7, 11) is 0. The Balaban J connectivity index is 2.02. The van der Waals surface area contributed by atoms with Gasteiger partial charge in [0.2, 0.25) is 0 Å². The molecule has 0 spiro atoms. The van der Waals surface area contributed by atoms with Crippen molar-refractivity contribution in [3.63, 3.8) is 0 Å². The fourth-order valence-corrected chi connectivity index (χ4v) is 2.70. The lowest BCUT2D eigenvalue weighted by atomic mass is 9.95. The Kier molecular flexibility index (Phi) is 1.81. The quantitative estimate of drug-likeness (QED) is 0.560. The fourth-order valence-electron chi connectivity index (χ4n) is 1.61. The van der Waals surface area contributed by atoms with E-state index in [-0.39, 0.29) is 22.8 Å². The maximum atomic E-state index is 10.8. The van der Waals surface area contributed by atoms with E-state index in [4.69, 9.17) is 4.74 Å². The number of aliphatic hydroxyl groups is 1. The molecule has 0 aromatic heterocycles. The molecule has 0 bridgehead atoms. The standard InChI is InChI=1S/C7H10O3S/c8-4-1-2-5-6(3-4)11-7(9)10-5/h4-6,8H,1-3H2. The lowest BCUT2D eigenvalue weighted by molar-refractivity contribution is 0.0593. The third kappa shape index (κ3) is 1.37. The first-order valence-electron chi connectivity index (χ1n) is 3.81. The maximum Gasteiger partial charge on any atom is 0.368 e. The molecule has 1 saturated carbocycles. The molecule has 1 aliphatic carbocycles. The van der Waals surface area contributed by atoms with Crippen LogP contribution in [-0.2, 0) is 4.74 Å². The summed E-state index contributed by atoms with van der Waals surface area (Å²) in [5, 5.41) is 9.30. The van der Waals surface area contributed by atoms with Crippen LogP contribution < -0.4 is 0 Å². The Bertz CT molecular complexity index is 183. The van der Waals surface area contributed by atoms with E-state index in [0.717, 1.165) is 12.8 Å². The van der Waals surface area contributed by atoms with Gasteiger partial charge in [0.25, 0.3) is 0 Å². The summed E-state index contributed by atoms with van der Waals surface area (Å²) < 4.78 is 5.03. The molecule has 1 saturated heterocycles. The van der Waals surface area contributed by atoms with Crippen LogP contribution >= 0.6 is 11.8 Å². The van der Waals surface area contributed by atoms with E-state index in [0.29, 0.717) is 6.42 Å². The number of thioether (sulfide) groups is 1. The normalized spacial score (nSPS) is 43.4. The first-order valence-corrected chi connectivity index (χ1v) is 4.69. The number of rotatable bonds is 0. The van der Waals surface area contributed by atoms with Gasteiger partial charge in [0, 0.05) is 0 Å². The monoisotopic (exact) mass is 174 g/mol. The van der Waals surface area contributed by atoms with Crippen LogP contribution in [0.15, 0.2) is 0 Å². The van der Waals surface area contributed by atoms with Gasteiger partial charge in [0.15, 0.2) is 0 Å². The Morgan fingerprint density at radius 3 is 3.18 bits per heavy atom. The molecular weight excluding hydrogens is 164 g/mol. The predicted molar refractivity (Wildman–Crippen MR) is 41.5 cm³/mol. The molecule has 0 amide bonds. The lowest BCUT2D eigenvalue weighted by Crippen LogP contribution is -2.31. The number of aliphatic hydroxyl groups excluding tert-OH is 1. The Labute approximate surface area is 69.1 Å². The van der Waals surface area contributed by atoms with Crippen molar-refractivity contribution < 1.29 is 14.6 Å². The first kappa shape index (κ1) is 7.43. The highest BCUT2D eigenvalue weighted by molar-refractivity contribution is 8.14. The molecule has 3 nitrogen and oxygen atoms in total. The molecule has 3 unspecified atom stereocenters. The second-order valence-electron chi connectivity index (χ2n) is 3.03. The summed E-state index contributed by atoms with van der Waals surface area (Å²) in [5.41, 5.74) is 0. The molecule has 62 valence electrons. The van der Waals surface area contributed by atoms with E-state index in [9.17, 15) is 9.90 Å². The largest absolute Gasteiger partial charge is 0.453 e. The van der Waals surface area contributed by atoms with Gasteiger partial charge in [-0.2, -0.15) is 0 Å². The predicted octanol–water partition coefficient (Wildman–Crippen LogP) is 1.15. The lowest BCUT2D eigenvalue weighted by Gasteiger charge is -2.25. The number of hydrogen-bond acceptors (Lipinski definition) is 4. The smallest absolute Gasteiger partial charge is 0.368 e. The van der Waals surface area contributed by atoms with Crippen LogP contribution in [0, 0.1) is 0 Å². The SMILES string of the molecule is O=C1OC2CCC(O)CC2S1. The molecule has 1 N–H and O–H groups in total. The van der Waals surface area contributed by atoms with Gasteiger partial charge >= 0.3 is 5.30 Å². The van der Waals surface area contributed by atoms with Crippen LogP contribution in [0.25, 0.3) is 0 Å². The van der Waals surface area contributed by atoms with Crippen LogP contribution in [0.1, 0.15) is 19.3 Å². The van der Waals surface area contributed by atoms with Crippen molar-refractivity contribution >= 4 is 17.1 Å². The molecule has 4 heteroatoms. The van der Waals surface area contributed by atoms with Crippen molar-refractivity contribution in [2.45, 2.75) is 36.7 Å². The van der Waals surface area contributed by atoms with E-state index in [2.05, 4.69) is 0 Å². The van der Waals surface area contributed by atoms with E-state index >= 15 is 0 Å². The van der Waals surface area contributed by atoms with Gasteiger partial charge in [-0.3, -0.25) is 0 Å². The van der Waals surface area contributed by atoms with Gasteiger partial charge in [-0.1, -0.05) is 0 Å². The van der Waals surface area contributed by atoms with E-state index in [1.807, 2.05) is 0 Å². The van der Waals surface area contributed by atoms with Gasteiger partial charge in [0.05, 0.1) is 11.4 Å². The van der Waals surface area contributed by atoms with Crippen LogP contribution in [0.4, 0.5) is 4.79 Å². The van der Waals surface area contributed by atoms with Crippen molar-refractivity contribution in [2.24, 2.45) is 0 Å². The third-order valence-corrected chi connectivity index (χ3v) is 3.29. The molecule has 0 radical (unpaired) electrons. The second-order valence-corrected chi connectivity index (χ2v) is 4.20. The number of carbonyl (C=O) groups excluding carboxylic acids is 1. The van der Waals surface area contributed by atoms with E-state index in [1.165, 1.54) is 11.8 Å². The average molecular weight is 174 g/mol. The zero-order valence-corrected chi connectivity index (χ0v) is 6.84. The topological polar surface area (TPSA) is 46.5 Å². The molecule has 3 atom stereocenters. The van der Waals surface area contributed by atoms with Gasteiger partial charge in [-0.05, 0) is 31.0 Å². The van der Waals surface area contributed by atoms with Crippen molar-refractivity contribution in [1.82, 2.24) is 0 Å². The minimum absolute atomic E-state index is 0.0795. The summed E-state index contributed by atoms with van der Waals surface area (Å²) in [6.45, 7) is 0. The minimum Gasteiger partial charge on any atom is -0.453 e. The summed E-state index contributed by atoms with van der Waals surface area (Å²) in [5.74, 6) is 0.